The Bertz CT molecular complexity index is 2550. The number of nitrogens with zero attached hydrogens (tertiary/aromatic N) is 4. The highest BCUT2D eigenvalue weighted by molar-refractivity contribution is 7.86. The lowest BCUT2D eigenvalue weighted by Gasteiger charge is -2.12. The van der Waals surface area contributed by atoms with E-state index in [-0.39, 0.29) is 43.8 Å². The zero-order valence-electron chi connectivity index (χ0n) is 26.7. The fraction of sp³-hybridized carbons (Fsp3) is 0.0625. The second-order valence-corrected chi connectivity index (χ2v) is 14.5. The van der Waals surface area contributed by atoms with Gasteiger partial charge in [0, 0.05) is 34.4 Å². The molecule has 0 aliphatic heterocycles. The van der Waals surface area contributed by atoms with Crippen molar-refractivity contribution in [1.82, 2.24) is 0 Å². The molecule has 0 unspecified atom stereocenters. The Morgan fingerprint density at radius 1 is 0.654 bits per heavy atom. The lowest BCUT2D eigenvalue weighted by Crippen LogP contribution is -2.19. The third kappa shape index (κ3) is 9.04. The molecule has 5 aromatic rings. The number of halogens is 2. The van der Waals surface area contributed by atoms with E-state index in [4.69, 9.17) is 23.2 Å². The molecule has 6 N–H and O–H groups in total. The number of fused-ring (bicyclic) bond motifs is 1. The average molecular weight is 787 g/mol. The summed E-state index contributed by atoms with van der Waals surface area (Å²) >= 11 is 12.0. The molecule has 0 fully saturated rings. The Labute approximate surface area is 305 Å². The van der Waals surface area contributed by atoms with E-state index in [1.165, 1.54) is 43.3 Å². The molecule has 0 aliphatic carbocycles. The molecular formula is C32H25Cl2N7O9S2. The van der Waals surface area contributed by atoms with Crippen LogP contribution in [-0.4, -0.2) is 43.0 Å². The Morgan fingerprint density at radius 2 is 1.21 bits per heavy atom. The number of phenols is 1. The third-order valence-corrected chi connectivity index (χ3v) is 9.21. The molecule has 5 aromatic carbocycles. The maximum atomic E-state index is 12.6. The molecule has 0 bridgehead atoms. The zero-order chi connectivity index (χ0) is 38.0. The van der Waals surface area contributed by atoms with E-state index in [1.54, 1.807) is 37.3 Å². The normalized spacial score (nSPS) is 12.0. The topological polar surface area (TPSA) is 249 Å². The van der Waals surface area contributed by atoms with Gasteiger partial charge in [0.1, 0.15) is 32.5 Å². The van der Waals surface area contributed by atoms with Gasteiger partial charge in [-0.3, -0.25) is 13.9 Å². The van der Waals surface area contributed by atoms with Gasteiger partial charge in [0.05, 0.1) is 5.02 Å². The van der Waals surface area contributed by atoms with E-state index < -0.39 is 53.2 Å². The Kier molecular flexibility index (Phi) is 10.9. The van der Waals surface area contributed by atoms with E-state index in [1.807, 2.05) is 0 Å². The van der Waals surface area contributed by atoms with E-state index in [0.29, 0.717) is 16.9 Å². The third-order valence-electron chi connectivity index (χ3n) is 6.97. The molecule has 0 saturated carbocycles. The van der Waals surface area contributed by atoms with Crippen molar-refractivity contribution in [2.45, 2.75) is 23.6 Å². The lowest BCUT2D eigenvalue weighted by atomic mass is 10.1. The number of azo groups is 2. The van der Waals surface area contributed by atoms with Gasteiger partial charge in [-0.25, -0.2) is 4.79 Å². The van der Waals surface area contributed by atoms with Gasteiger partial charge < -0.3 is 21.1 Å². The number of carbonyl (C=O) groups is 2. The number of carbonyl (C=O) groups excluding carboxylic acids is 2. The van der Waals surface area contributed by atoms with Crippen molar-refractivity contribution in [3.8, 4) is 5.75 Å². The van der Waals surface area contributed by atoms with Gasteiger partial charge in [0.2, 0.25) is 5.91 Å². The molecule has 0 radical (unpaired) electrons. The Balaban J connectivity index is 1.47. The number of amides is 3. The van der Waals surface area contributed by atoms with Crippen molar-refractivity contribution < 1.29 is 40.6 Å². The molecule has 5 rings (SSSR count). The first-order valence-electron chi connectivity index (χ1n) is 14.5. The van der Waals surface area contributed by atoms with Crippen LogP contribution in [0.1, 0.15) is 12.5 Å². The predicted molar refractivity (Wildman–Crippen MR) is 195 cm³/mol. The van der Waals surface area contributed by atoms with Crippen LogP contribution in [0, 0.1) is 6.92 Å². The first-order chi connectivity index (χ1) is 24.4. The molecule has 0 spiro atoms. The number of benzene rings is 5. The second kappa shape index (κ2) is 15.0. The standard InChI is InChI=1S/C32H25Cl2N7O9S2/c1-16-3-10-25(38-40-29-24(34)14-19(33)15-28(29)52(48,49)50)26(11-16)39-41-30-27(51(45,46)47)13-18-12-22(8-9-23(18)31(30)43)37-32(44)36-21-6-4-20(5-7-21)35-17(2)42/h3-15,43H,1-2H3,(H,35,42)(H2,36,37,44)(H,45,46,47)(H,48,49,50). The molecule has 0 saturated heterocycles. The second-order valence-electron chi connectivity index (χ2n) is 10.9. The first kappa shape index (κ1) is 37.7. The molecule has 0 heterocycles. The fourth-order valence-electron chi connectivity index (χ4n) is 4.70. The molecule has 268 valence electrons. The van der Waals surface area contributed by atoms with Gasteiger partial charge >= 0.3 is 6.03 Å². The van der Waals surface area contributed by atoms with Crippen LogP contribution in [0.3, 0.4) is 0 Å². The number of anilines is 3. The van der Waals surface area contributed by atoms with Crippen molar-refractivity contribution in [2.24, 2.45) is 20.5 Å². The van der Waals surface area contributed by atoms with Crippen LogP contribution < -0.4 is 16.0 Å². The Hall–Kier alpha value is -5.50. The largest absolute Gasteiger partial charge is 0.505 e. The highest BCUT2D eigenvalue weighted by Gasteiger charge is 2.23. The van der Waals surface area contributed by atoms with Crippen molar-refractivity contribution in [2.75, 3.05) is 16.0 Å². The van der Waals surface area contributed by atoms with Crippen LogP contribution in [0.15, 0.2) is 109 Å². The van der Waals surface area contributed by atoms with Crippen LogP contribution in [0.2, 0.25) is 10.0 Å². The van der Waals surface area contributed by atoms with Gasteiger partial charge in [0.15, 0.2) is 5.75 Å². The molecular weight excluding hydrogens is 761 g/mol. The van der Waals surface area contributed by atoms with Gasteiger partial charge in [-0.05, 0) is 90.7 Å². The number of urea groups is 1. The summed E-state index contributed by atoms with van der Waals surface area (Å²) in [5, 5.41) is 34.6. The summed E-state index contributed by atoms with van der Waals surface area (Å²) in [5.41, 5.74) is 0.663. The van der Waals surface area contributed by atoms with E-state index in [9.17, 15) is 40.6 Å². The zero-order valence-corrected chi connectivity index (χ0v) is 29.8. The molecule has 0 aromatic heterocycles. The van der Waals surface area contributed by atoms with Crippen molar-refractivity contribution in [3.05, 3.63) is 94.5 Å². The average Bonchev–Trinajstić information content (AvgIpc) is 3.04. The summed E-state index contributed by atoms with van der Waals surface area (Å²) in [6.45, 7) is 3.05. The molecule has 20 heteroatoms. The van der Waals surface area contributed by atoms with Gasteiger partial charge in [-0.15, -0.1) is 20.5 Å². The lowest BCUT2D eigenvalue weighted by molar-refractivity contribution is -0.114. The quantitative estimate of drug-likeness (QED) is 0.0615. The SMILES string of the molecule is CC(=O)Nc1ccc(NC(=O)Nc2ccc3c(O)c(N=Nc4cc(C)ccc4N=Nc4c(Cl)cc(Cl)cc4S(=O)(=O)O)c(S(=O)(=O)O)cc3c2)cc1. The maximum absolute atomic E-state index is 12.6. The summed E-state index contributed by atoms with van der Waals surface area (Å²) in [6, 6.07) is 17.5. The number of hydrogen-bond donors (Lipinski definition) is 6. The van der Waals surface area contributed by atoms with E-state index >= 15 is 0 Å². The summed E-state index contributed by atoms with van der Waals surface area (Å²) in [7, 11) is -9.84. The van der Waals surface area contributed by atoms with Crippen LogP contribution >= 0.6 is 23.2 Å². The number of aromatic hydroxyl groups is 1. The minimum atomic E-state index is -5.02. The van der Waals surface area contributed by atoms with Crippen molar-refractivity contribution in [3.63, 3.8) is 0 Å². The van der Waals surface area contributed by atoms with E-state index in [0.717, 1.165) is 12.1 Å². The van der Waals surface area contributed by atoms with Crippen molar-refractivity contribution >= 4 is 106 Å². The number of phenolic OH excluding ortho intramolecular Hbond substituents is 1. The summed E-state index contributed by atoms with van der Waals surface area (Å²) in [4.78, 5) is 22.3. The Morgan fingerprint density at radius 3 is 1.85 bits per heavy atom. The van der Waals surface area contributed by atoms with Gasteiger partial charge in [-0.2, -0.15) is 16.8 Å². The number of aryl methyl sites for hydroxylation is 1. The molecule has 0 aliphatic rings. The summed E-state index contributed by atoms with van der Waals surface area (Å²) in [6.07, 6.45) is 0. The van der Waals surface area contributed by atoms with Gasteiger partial charge in [-0.1, -0.05) is 29.3 Å². The maximum Gasteiger partial charge on any atom is 0.323 e. The predicted octanol–water partition coefficient (Wildman–Crippen LogP) is 9.09. The molecule has 3 amide bonds. The van der Waals surface area contributed by atoms with Gasteiger partial charge in [0.25, 0.3) is 20.2 Å². The van der Waals surface area contributed by atoms with Crippen LogP contribution in [0.5, 0.6) is 5.75 Å². The number of hydrogen-bond acceptors (Lipinski definition) is 11. The minimum absolute atomic E-state index is 0.0204. The fourth-order valence-corrected chi connectivity index (χ4v) is 6.68. The summed E-state index contributed by atoms with van der Waals surface area (Å²) in [5.74, 6) is -0.931. The highest BCUT2D eigenvalue weighted by Crippen LogP contribution is 2.43. The summed E-state index contributed by atoms with van der Waals surface area (Å²) < 4.78 is 68.5. The number of nitrogens with one attached hydrogen (secondary N) is 3. The number of rotatable bonds is 9. The molecule has 16 nitrogen and oxygen atoms in total. The molecule has 52 heavy (non-hydrogen) atoms. The van der Waals surface area contributed by atoms with Crippen molar-refractivity contribution in [1.29, 1.82) is 0 Å². The first-order valence-corrected chi connectivity index (χ1v) is 18.2. The van der Waals surface area contributed by atoms with E-state index in [2.05, 4.69) is 36.4 Å². The monoisotopic (exact) mass is 785 g/mol. The molecule has 0 atom stereocenters. The smallest absolute Gasteiger partial charge is 0.323 e. The van der Waals surface area contributed by atoms with Crippen LogP contribution in [-0.2, 0) is 25.0 Å². The highest BCUT2D eigenvalue weighted by atomic mass is 35.5. The minimum Gasteiger partial charge on any atom is -0.505 e. The van der Waals surface area contributed by atoms with Crippen LogP contribution in [0.4, 0.5) is 44.6 Å². The van der Waals surface area contributed by atoms with Crippen LogP contribution in [0.25, 0.3) is 10.8 Å².